The van der Waals surface area contributed by atoms with Gasteiger partial charge in [-0.3, -0.25) is 9.59 Å². The lowest BCUT2D eigenvalue weighted by Gasteiger charge is -2.23. The first-order valence-corrected chi connectivity index (χ1v) is 10.9. The molecule has 1 aromatic heterocycles. The lowest BCUT2D eigenvalue weighted by molar-refractivity contribution is -0.142. The molecule has 10 nitrogen and oxygen atoms in total. The third-order valence-electron chi connectivity index (χ3n) is 5.35. The Bertz CT molecular complexity index is 899. The van der Waals surface area contributed by atoms with Gasteiger partial charge in [0, 0.05) is 22.7 Å². The highest BCUT2D eigenvalue weighted by Gasteiger charge is 2.30. The van der Waals surface area contributed by atoms with Crippen LogP contribution in [0.1, 0.15) is 50.1 Å². The van der Waals surface area contributed by atoms with E-state index in [1.165, 1.54) is 0 Å². The van der Waals surface area contributed by atoms with Crippen molar-refractivity contribution in [1.82, 2.24) is 15.6 Å². The number of para-hydroxylation sites is 1. The van der Waals surface area contributed by atoms with E-state index in [9.17, 15) is 19.5 Å². The molecule has 0 saturated carbocycles. The van der Waals surface area contributed by atoms with Crippen LogP contribution in [-0.2, 0) is 14.4 Å². The van der Waals surface area contributed by atoms with Crippen molar-refractivity contribution in [3.8, 4) is 0 Å². The van der Waals surface area contributed by atoms with Crippen molar-refractivity contribution in [2.45, 2.75) is 56.7 Å². The van der Waals surface area contributed by atoms with Gasteiger partial charge in [0.15, 0.2) is 0 Å². The van der Waals surface area contributed by atoms with Crippen LogP contribution in [0.15, 0.2) is 30.5 Å². The molecule has 0 saturated heterocycles. The van der Waals surface area contributed by atoms with E-state index in [1.807, 2.05) is 24.3 Å². The highest BCUT2D eigenvalue weighted by molar-refractivity contribution is 5.96. The summed E-state index contributed by atoms with van der Waals surface area (Å²) in [6.45, 7) is 0.950. The number of aromatic nitrogens is 1. The van der Waals surface area contributed by atoms with Crippen LogP contribution in [0.3, 0.4) is 0 Å². The molecule has 0 aliphatic rings. The predicted octanol–water partition coefficient (Wildman–Crippen LogP) is 0.480. The standard InChI is InChI=1S/C22H34N6O4/c23-11-5-3-8-16(25)20(29)28-19(15-13-26-17-9-2-1-7-14(15)17)21(30)27-18(22(31)32)10-4-6-12-24/h1-2,7,9,13,16,18-19,26H,3-6,8,10-12,23-25H2,(H,27,30)(H,28,29)(H,31,32). The molecule has 2 amide bonds. The molecule has 2 rings (SSSR count). The van der Waals surface area contributed by atoms with E-state index in [0.29, 0.717) is 44.3 Å². The van der Waals surface area contributed by atoms with E-state index < -0.39 is 35.9 Å². The Hall–Kier alpha value is -2.95. The molecule has 0 aliphatic carbocycles. The summed E-state index contributed by atoms with van der Waals surface area (Å²) in [5, 5.41) is 15.5. The van der Waals surface area contributed by atoms with E-state index in [4.69, 9.17) is 17.2 Å². The maximum atomic E-state index is 13.2. The molecule has 10 heteroatoms. The van der Waals surface area contributed by atoms with Crippen LogP contribution in [0.25, 0.3) is 10.9 Å². The molecule has 0 spiro atoms. The van der Waals surface area contributed by atoms with Crippen LogP contribution < -0.4 is 27.8 Å². The normalized spacial score (nSPS) is 14.0. The average Bonchev–Trinajstić information content (AvgIpc) is 3.20. The highest BCUT2D eigenvalue weighted by Crippen LogP contribution is 2.25. The largest absolute Gasteiger partial charge is 0.480 e. The van der Waals surface area contributed by atoms with Gasteiger partial charge in [-0.15, -0.1) is 0 Å². The number of carbonyl (C=O) groups excluding carboxylic acids is 2. The molecule has 176 valence electrons. The second kappa shape index (κ2) is 12.8. The maximum absolute atomic E-state index is 13.2. The number of amides is 2. The SMILES string of the molecule is NCCCCC(N)C(=O)NC(C(=O)NC(CCCCN)C(=O)O)c1c[nH]c2ccccc12. The molecule has 1 aromatic carbocycles. The molecule has 1 heterocycles. The minimum absolute atomic E-state index is 0.241. The van der Waals surface area contributed by atoms with Crippen LogP contribution in [0.4, 0.5) is 0 Å². The first-order valence-electron chi connectivity index (χ1n) is 10.9. The lowest BCUT2D eigenvalue weighted by Crippen LogP contribution is -2.50. The average molecular weight is 447 g/mol. The molecular formula is C22H34N6O4. The first-order chi connectivity index (χ1) is 15.4. The number of fused-ring (bicyclic) bond motifs is 1. The van der Waals surface area contributed by atoms with Gasteiger partial charge >= 0.3 is 5.97 Å². The summed E-state index contributed by atoms with van der Waals surface area (Å²) in [6.07, 6.45) is 4.96. The monoisotopic (exact) mass is 446 g/mol. The maximum Gasteiger partial charge on any atom is 0.326 e. The Morgan fingerprint density at radius 1 is 0.938 bits per heavy atom. The third-order valence-corrected chi connectivity index (χ3v) is 5.35. The Balaban J connectivity index is 2.24. The molecule has 3 atom stereocenters. The number of benzene rings is 1. The number of hydrogen-bond donors (Lipinski definition) is 7. The quantitative estimate of drug-likeness (QED) is 0.205. The number of carboxylic acids is 1. The van der Waals surface area contributed by atoms with Crippen LogP contribution in [0, 0.1) is 0 Å². The van der Waals surface area contributed by atoms with Crippen LogP contribution >= 0.6 is 0 Å². The Kier molecular flexibility index (Phi) is 10.1. The zero-order valence-corrected chi connectivity index (χ0v) is 18.2. The fraction of sp³-hybridized carbons (Fsp3) is 0.500. The van der Waals surface area contributed by atoms with Gasteiger partial charge in [-0.05, 0) is 51.3 Å². The van der Waals surface area contributed by atoms with E-state index in [1.54, 1.807) is 6.20 Å². The minimum atomic E-state index is -1.14. The summed E-state index contributed by atoms with van der Waals surface area (Å²) in [5.41, 5.74) is 18.3. The van der Waals surface area contributed by atoms with Crippen molar-refractivity contribution in [2.24, 2.45) is 17.2 Å². The zero-order chi connectivity index (χ0) is 23.5. The second-order valence-corrected chi connectivity index (χ2v) is 7.81. The van der Waals surface area contributed by atoms with Crippen LogP contribution in [0.2, 0.25) is 0 Å². The van der Waals surface area contributed by atoms with Crippen LogP contribution in [-0.4, -0.2) is 53.0 Å². The number of nitrogens with two attached hydrogens (primary N) is 3. The van der Waals surface area contributed by atoms with Gasteiger partial charge in [0.2, 0.25) is 11.8 Å². The number of hydrogen-bond acceptors (Lipinski definition) is 6. The molecular weight excluding hydrogens is 412 g/mol. The number of carboxylic acid groups (broad SMARTS) is 1. The summed E-state index contributed by atoms with van der Waals surface area (Å²) in [7, 11) is 0. The second-order valence-electron chi connectivity index (χ2n) is 7.81. The number of H-pyrrole nitrogens is 1. The van der Waals surface area contributed by atoms with Gasteiger partial charge in [0.1, 0.15) is 12.1 Å². The van der Waals surface area contributed by atoms with Crippen molar-refractivity contribution in [1.29, 1.82) is 0 Å². The lowest BCUT2D eigenvalue weighted by atomic mass is 10.0. The van der Waals surface area contributed by atoms with Crippen molar-refractivity contribution >= 4 is 28.7 Å². The van der Waals surface area contributed by atoms with Crippen molar-refractivity contribution in [3.05, 3.63) is 36.0 Å². The van der Waals surface area contributed by atoms with Gasteiger partial charge in [-0.1, -0.05) is 24.6 Å². The Morgan fingerprint density at radius 3 is 2.25 bits per heavy atom. The summed E-state index contributed by atoms with van der Waals surface area (Å²) in [6, 6.07) is 4.35. The van der Waals surface area contributed by atoms with Crippen molar-refractivity contribution in [3.63, 3.8) is 0 Å². The molecule has 0 radical (unpaired) electrons. The van der Waals surface area contributed by atoms with E-state index in [-0.39, 0.29) is 6.42 Å². The van der Waals surface area contributed by atoms with Gasteiger partial charge in [-0.2, -0.15) is 0 Å². The summed E-state index contributed by atoms with van der Waals surface area (Å²) in [4.78, 5) is 40.6. The Morgan fingerprint density at radius 2 is 1.59 bits per heavy atom. The number of carbonyl (C=O) groups is 3. The number of nitrogens with one attached hydrogen (secondary N) is 3. The molecule has 32 heavy (non-hydrogen) atoms. The molecule has 0 fully saturated rings. The van der Waals surface area contributed by atoms with Gasteiger partial charge in [0.25, 0.3) is 0 Å². The molecule has 2 aromatic rings. The smallest absolute Gasteiger partial charge is 0.326 e. The number of unbranched alkanes of at least 4 members (excludes halogenated alkanes) is 2. The molecule has 0 aliphatic heterocycles. The third kappa shape index (κ3) is 7.04. The number of rotatable bonds is 14. The minimum Gasteiger partial charge on any atom is -0.480 e. The summed E-state index contributed by atoms with van der Waals surface area (Å²) in [5.74, 6) is -2.24. The zero-order valence-electron chi connectivity index (χ0n) is 18.2. The van der Waals surface area contributed by atoms with E-state index >= 15 is 0 Å². The fourth-order valence-corrected chi connectivity index (χ4v) is 3.51. The predicted molar refractivity (Wildman–Crippen MR) is 123 cm³/mol. The van der Waals surface area contributed by atoms with Crippen LogP contribution in [0.5, 0.6) is 0 Å². The summed E-state index contributed by atoms with van der Waals surface area (Å²) < 4.78 is 0. The van der Waals surface area contributed by atoms with Crippen molar-refractivity contribution < 1.29 is 19.5 Å². The number of aliphatic carboxylic acids is 1. The van der Waals surface area contributed by atoms with E-state index in [0.717, 1.165) is 17.3 Å². The van der Waals surface area contributed by atoms with Crippen molar-refractivity contribution in [2.75, 3.05) is 13.1 Å². The fourth-order valence-electron chi connectivity index (χ4n) is 3.51. The van der Waals surface area contributed by atoms with Gasteiger partial charge in [-0.25, -0.2) is 4.79 Å². The highest BCUT2D eigenvalue weighted by atomic mass is 16.4. The van der Waals surface area contributed by atoms with E-state index in [2.05, 4.69) is 15.6 Å². The molecule has 10 N–H and O–H groups in total. The van der Waals surface area contributed by atoms with Gasteiger partial charge in [0.05, 0.1) is 6.04 Å². The molecule has 0 bridgehead atoms. The summed E-state index contributed by atoms with van der Waals surface area (Å²) >= 11 is 0. The Labute approximate surface area is 187 Å². The first kappa shape index (κ1) is 25.3. The number of aromatic amines is 1. The topological polar surface area (TPSA) is 189 Å². The molecule has 3 unspecified atom stereocenters. The van der Waals surface area contributed by atoms with Gasteiger partial charge < -0.3 is 37.9 Å².